The van der Waals surface area contributed by atoms with Crippen molar-refractivity contribution in [1.82, 2.24) is 0 Å². The van der Waals surface area contributed by atoms with Crippen molar-refractivity contribution < 1.29 is 9.84 Å². The summed E-state index contributed by atoms with van der Waals surface area (Å²) < 4.78 is 6.05. The van der Waals surface area contributed by atoms with Crippen LogP contribution in [-0.2, 0) is 4.74 Å². The van der Waals surface area contributed by atoms with Crippen molar-refractivity contribution in [1.29, 1.82) is 0 Å². The molecule has 1 rings (SSSR count). The summed E-state index contributed by atoms with van der Waals surface area (Å²) in [6.45, 7) is 14.4. The molecule has 0 aromatic rings. The molecule has 2 nitrogen and oxygen atoms in total. The second kappa shape index (κ2) is 8.14. The molecule has 1 fully saturated rings. The van der Waals surface area contributed by atoms with Crippen LogP contribution in [0.1, 0.15) is 66.7 Å². The summed E-state index contributed by atoms with van der Waals surface area (Å²) in [6.07, 6.45) is 9.92. The molecular weight excluding hydrogens is 260 g/mol. The molecule has 1 aliphatic rings. The van der Waals surface area contributed by atoms with E-state index in [2.05, 4.69) is 40.3 Å². The van der Waals surface area contributed by atoms with Gasteiger partial charge in [0.2, 0.25) is 0 Å². The highest BCUT2D eigenvalue weighted by molar-refractivity contribution is 5.00. The summed E-state index contributed by atoms with van der Waals surface area (Å²) in [5.74, 6) is 0.597. The average Bonchev–Trinajstić information content (AvgIpc) is 2.73. The van der Waals surface area contributed by atoms with Crippen LogP contribution in [0.4, 0.5) is 0 Å². The molecule has 0 radical (unpaired) electrons. The van der Waals surface area contributed by atoms with Gasteiger partial charge in [-0.05, 0) is 58.8 Å². The Hall–Kier alpha value is -0.600. The zero-order valence-electron chi connectivity index (χ0n) is 14.6. The SMILES string of the molecule is C=CC(C)CC/C=C(\C)CCC1CC(C)(C(C)O)C(C)O1. The molecule has 0 bridgehead atoms. The maximum atomic E-state index is 9.97. The van der Waals surface area contributed by atoms with Crippen molar-refractivity contribution in [2.75, 3.05) is 0 Å². The Balaban J connectivity index is 2.36. The highest BCUT2D eigenvalue weighted by Crippen LogP contribution is 2.42. The Kier molecular flexibility index (Phi) is 7.15. The van der Waals surface area contributed by atoms with Gasteiger partial charge in [-0.3, -0.25) is 0 Å². The van der Waals surface area contributed by atoms with Gasteiger partial charge in [0.25, 0.3) is 0 Å². The van der Waals surface area contributed by atoms with Crippen molar-refractivity contribution in [2.24, 2.45) is 11.3 Å². The lowest BCUT2D eigenvalue weighted by molar-refractivity contribution is -0.0209. The van der Waals surface area contributed by atoms with Crippen LogP contribution >= 0.6 is 0 Å². The second-order valence-corrected chi connectivity index (χ2v) is 7.17. The molecule has 5 unspecified atom stereocenters. The van der Waals surface area contributed by atoms with Crippen molar-refractivity contribution in [3.8, 4) is 0 Å². The zero-order chi connectivity index (χ0) is 16.0. The fraction of sp³-hybridized carbons (Fsp3) is 0.789. The van der Waals surface area contributed by atoms with E-state index >= 15 is 0 Å². The predicted octanol–water partition coefficient (Wildman–Crippen LogP) is 4.88. The molecule has 5 atom stereocenters. The molecule has 0 aliphatic carbocycles. The van der Waals surface area contributed by atoms with Crippen LogP contribution in [-0.4, -0.2) is 23.4 Å². The van der Waals surface area contributed by atoms with Gasteiger partial charge in [0.05, 0.1) is 18.3 Å². The number of aliphatic hydroxyl groups is 1. The number of aliphatic hydroxyl groups excluding tert-OH is 1. The lowest BCUT2D eigenvalue weighted by atomic mass is 9.77. The monoisotopic (exact) mass is 294 g/mol. The van der Waals surface area contributed by atoms with Crippen LogP contribution in [0.2, 0.25) is 0 Å². The summed E-state index contributed by atoms with van der Waals surface area (Å²) >= 11 is 0. The lowest BCUT2D eigenvalue weighted by Crippen LogP contribution is -2.36. The van der Waals surface area contributed by atoms with E-state index in [1.54, 1.807) is 0 Å². The van der Waals surface area contributed by atoms with Crippen molar-refractivity contribution >= 4 is 0 Å². The summed E-state index contributed by atoms with van der Waals surface area (Å²) in [6, 6.07) is 0. The van der Waals surface area contributed by atoms with Gasteiger partial charge < -0.3 is 9.84 Å². The minimum absolute atomic E-state index is 0.0956. The maximum absolute atomic E-state index is 9.97. The largest absolute Gasteiger partial charge is 0.393 e. The predicted molar refractivity (Wildman–Crippen MR) is 90.3 cm³/mol. The number of allylic oxidation sites excluding steroid dienone is 3. The third-order valence-corrected chi connectivity index (χ3v) is 5.32. The van der Waals surface area contributed by atoms with E-state index in [1.165, 1.54) is 12.0 Å². The van der Waals surface area contributed by atoms with Gasteiger partial charge in [-0.15, -0.1) is 6.58 Å². The van der Waals surface area contributed by atoms with E-state index in [0.29, 0.717) is 5.92 Å². The molecule has 0 aromatic heterocycles. The van der Waals surface area contributed by atoms with E-state index < -0.39 is 0 Å². The molecule has 0 saturated carbocycles. The topological polar surface area (TPSA) is 29.5 Å². The average molecular weight is 294 g/mol. The highest BCUT2D eigenvalue weighted by Gasteiger charge is 2.45. The summed E-state index contributed by atoms with van der Waals surface area (Å²) in [4.78, 5) is 0. The van der Waals surface area contributed by atoms with Gasteiger partial charge in [0, 0.05) is 5.41 Å². The van der Waals surface area contributed by atoms with E-state index in [4.69, 9.17) is 4.74 Å². The van der Waals surface area contributed by atoms with Crippen LogP contribution < -0.4 is 0 Å². The fourth-order valence-corrected chi connectivity index (χ4v) is 3.03. The fourth-order valence-electron chi connectivity index (χ4n) is 3.03. The lowest BCUT2D eigenvalue weighted by Gasteiger charge is -2.30. The van der Waals surface area contributed by atoms with Gasteiger partial charge in [-0.2, -0.15) is 0 Å². The molecule has 1 saturated heterocycles. The molecule has 1 aliphatic heterocycles. The van der Waals surface area contributed by atoms with Crippen LogP contribution in [0.5, 0.6) is 0 Å². The molecule has 1 heterocycles. The van der Waals surface area contributed by atoms with Crippen LogP contribution in [0.25, 0.3) is 0 Å². The third-order valence-electron chi connectivity index (χ3n) is 5.32. The summed E-state index contributed by atoms with van der Waals surface area (Å²) in [5, 5.41) is 9.97. The summed E-state index contributed by atoms with van der Waals surface area (Å²) in [5.41, 5.74) is 1.36. The Labute approximate surface area is 131 Å². The molecule has 2 heteroatoms. The maximum Gasteiger partial charge on any atom is 0.0629 e. The summed E-state index contributed by atoms with van der Waals surface area (Å²) in [7, 11) is 0. The number of hydrogen-bond acceptors (Lipinski definition) is 2. The van der Waals surface area contributed by atoms with Gasteiger partial charge in [0.15, 0.2) is 0 Å². The zero-order valence-corrected chi connectivity index (χ0v) is 14.6. The first-order valence-electron chi connectivity index (χ1n) is 8.41. The number of rotatable bonds is 8. The Morgan fingerprint density at radius 1 is 1.48 bits per heavy atom. The van der Waals surface area contributed by atoms with Gasteiger partial charge in [0.1, 0.15) is 0 Å². The van der Waals surface area contributed by atoms with Crippen molar-refractivity contribution in [3.05, 3.63) is 24.3 Å². The molecule has 0 amide bonds. The normalized spacial score (nSPS) is 33.0. The first kappa shape index (κ1) is 18.4. The Morgan fingerprint density at radius 3 is 2.67 bits per heavy atom. The van der Waals surface area contributed by atoms with Crippen LogP contribution in [0, 0.1) is 11.3 Å². The minimum atomic E-state index is -0.311. The van der Waals surface area contributed by atoms with Gasteiger partial charge >= 0.3 is 0 Å². The van der Waals surface area contributed by atoms with Crippen molar-refractivity contribution in [3.63, 3.8) is 0 Å². The third kappa shape index (κ3) is 5.27. The molecular formula is C19H34O2. The van der Waals surface area contributed by atoms with Gasteiger partial charge in [-0.25, -0.2) is 0 Å². The molecule has 21 heavy (non-hydrogen) atoms. The van der Waals surface area contributed by atoms with Gasteiger partial charge in [-0.1, -0.05) is 31.6 Å². The van der Waals surface area contributed by atoms with E-state index in [1.807, 2.05) is 13.0 Å². The van der Waals surface area contributed by atoms with E-state index in [0.717, 1.165) is 25.7 Å². The Bertz CT molecular complexity index is 359. The molecule has 0 spiro atoms. The van der Waals surface area contributed by atoms with E-state index in [-0.39, 0.29) is 23.7 Å². The number of ether oxygens (including phenoxy) is 1. The second-order valence-electron chi connectivity index (χ2n) is 7.17. The highest BCUT2D eigenvalue weighted by atomic mass is 16.5. The van der Waals surface area contributed by atoms with Crippen LogP contribution in [0.15, 0.2) is 24.3 Å². The van der Waals surface area contributed by atoms with Crippen molar-refractivity contribution in [2.45, 2.75) is 85.0 Å². The molecule has 0 aromatic carbocycles. The first-order valence-corrected chi connectivity index (χ1v) is 8.41. The first-order chi connectivity index (χ1) is 9.79. The minimum Gasteiger partial charge on any atom is -0.393 e. The van der Waals surface area contributed by atoms with Crippen LogP contribution in [0.3, 0.4) is 0 Å². The smallest absolute Gasteiger partial charge is 0.0629 e. The molecule has 1 N–H and O–H groups in total. The van der Waals surface area contributed by atoms with E-state index in [9.17, 15) is 5.11 Å². The number of hydrogen-bond donors (Lipinski definition) is 1. The quantitative estimate of drug-likeness (QED) is 0.646. The standard InChI is InChI=1S/C19H34O2/c1-7-14(2)9-8-10-15(3)11-12-18-13-19(6,16(4)20)17(5)21-18/h7,10,14,16-18,20H,1,8-9,11-13H2,2-6H3/b15-10+. The Morgan fingerprint density at radius 2 is 2.14 bits per heavy atom. The molecule has 122 valence electrons.